The molecule has 0 unspecified atom stereocenters. The number of carbonyl (C=O) groups excluding carboxylic acids is 1. The van der Waals surface area contributed by atoms with Crippen LogP contribution in [0.1, 0.15) is 52.5 Å². The van der Waals surface area contributed by atoms with Crippen molar-refractivity contribution in [1.82, 2.24) is 0 Å². The Hall–Kier alpha value is -1.45. The van der Waals surface area contributed by atoms with Gasteiger partial charge in [0.1, 0.15) is 11.9 Å². The van der Waals surface area contributed by atoms with Crippen molar-refractivity contribution in [1.29, 1.82) is 0 Å². The highest BCUT2D eigenvalue weighted by atomic mass is 79.9. The molecule has 0 saturated carbocycles. The predicted molar refractivity (Wildman–Crippen MR) is 155 cm³/mol. The van der Waals surface area contributed by atoms with Crippen molar-refractivity contribution in [2.24, 2.45) is 5.92 Å². The van der Waals surface area contributed by atoms with Crippen LogP contribution >= 0.6 is 15.9 Å². The van der Waals surface area contributed by atoms with Crippen LogP contribution in [0.2, 0.25) is 18.1 Å². The van der Waals surface area contributed by atoms with Crippen LogP contribution in [0.25, 0.3) is 0 Å². The Morgan fingerprint density at radius 2 is 1.76 bits per heavy atom. The van der Waals surface area contributed by atoms with Gasteiger partial charge >= 0.3 is 5.97 Å². The average Bonchev–Trinajstić information content (AvgIpc) is 3.58. The summed E-state index contributed by atoms with van der Waals surface area (Å²) in [5.41, 5.74) is 1.97. The molecule has 1 aliphatic heterocycles. The SMILES string of the molecule is C=C(Br)C[C@H]1O[C@H]1[C@H](CC(=C)[C@@H](C)[C@@H](CC(=O)OC)OCc1ccc(OC)cc1)O[Si](C)(C)C(C)(C)C. The van der Waals surface area contributed by atoms with Crippen molar-refractivity contribution in [2.75, 3.05) is 14.2 Å². The monoisotopic (exact) mass is 596 g/mol. The Labute approximate surface area is 233 Å². The maximum atomic E-state index is 12.2. The molecule has 0 aromatic heterocycles. The summed E-state index contributed by atoms with van der Waals surface area (Å²) in [6, 6.07) is 7.71. The lowest BCUT2D eigenvalue weighted by Gasteiger charge is -2.39. The largest absolute Gasteiger partial charge is 0.497 e. The first kappa shape index (κ1) is 31.8. The van der Waals surface area contributed by atoms with Gasteiger partial charge in [-0.1, -0.05) is 74.5 Å². The van der Waals surface area contributed by atoms with E-state index in [9.17, 15) is 4.79 Å². The number of ether oxygens (including phenoxy) is 4. The Bertz CT molecular complexity index is 923. The Morgan fingerprint density at radius 1 is 1.14 bits per heavy atom. The van der Waals surface area contributed by atoms with Crippen molar-refractivity contribution in [3.05, 3.63) is 53.0 Å². The first-order chi connectivity index (χ1) is 17.2. The molecule has 1 aliphatic rings. The minimum atomic E-state index is -2.06. The van der Waals surface area contributed by atoms with Crippen LogP contribution in [0.5, 0.6) is 5.75 Å². The summed E-state index contributed by atoms with van der Waals surface area (Å²) in [7, 11) is 0.975. The number of methoxy groups -OCH3 is 2. The number of carbonyl (C=O) groups is 1. The van der Waals surface area contributed by atoms with Gasteiger partial charge in [-0.25, -0.2) is 0 Å². The highest BCUT2D eigenvalue weighted by Gasteiger charge is 2.49. The molecule has 8 heteroatoms. The van der Waals surface area contributed by atoms with E-state index in [4.69, 9.17) is 23.4 Å². The highest BCUT2D eigenvalue weighted by molar-refractivity contribution is 9.11. The van der Waals surface area contributed by atoms with Crippen molar-refractivity contribution in [3.63, 3.8) is 0 Å². The van der Waals surface area contributed by atoms with Gasteiger partial charge < -0.3 is 23.4 Å². The molecule has 0 radical (unpaired) electrons. The zero-order valence-electron chi connectivity index (χ0n) is 23.8. The summed E-state index contributed by atoms with van der Waals surface area (Å²) in [6.45, 7) is 22.0. The zero-order valence-corrected chi connectivity index (χ0v) is 26.4. The van der Waals surface area contributed by atoms with E-state index in [0.717, 1.165) is 27.8 Å². The highest BCUT2D eigenvalue weighted by Crippen LogP contribution is 2.43. The minimum Gasteiger partial charge on any atom is -0.497 e. The summed E-state index contributed by atoms with van der Waals surface area (Å²) in [5, 5.41) is 0.0660. The lowest BCUT2D eigenvalue weighted by Crippen LogP contribution is -2.46. The van der Waals surface area contributed by atoms with Gasteiger partial charge in [-0.3, -0.25) is 4.79 Å². The van der Waals surface area contributed by atoms with Crippen molar-refractivity contribution in [3.8, 4) is 5.75 Å². The summed E-state index contributed by atoms with van der Waals surface area (Å²) < 4.78 is 30.3. The molecule has 0 amide bonds. The standard InChI is InChI=1S/C29H45BrO6Si/c1-19(15-26(28-25(35-28)16-20(2)30)36-37(9,10)29(4,5)6)21(3)24(17-27(31)33-8)34-18-22-11-13-23(32-7)14-12-22/h11-14,21,24-26,28H,1-2,15-18H2,3-10H3/t21-,24-,25-,26+,28-/m1/s1. The molecular formula is C29H45BrO6Si. The molecule has 0 bridgehead atoms. The molecule has 1 saturated heterocycles. The fourth-order valence-corrected chi connectivity index (χ4v) is 5.55. The number of rotatable bonds is 15. The number of benzene rings is 1. The van der Waals surface area contributed by atoms with E-state index >= 15 is 0 Å². The van der Waals surface area contributed by atoms with Gasteiger partial charge in [0.15, 0.2) is 8.32 Å². The second-order valence-electron chi connectivity index (χ2n) is 11.4. The van der Waals surface area contributed by atoms with E-state index in [1.807, 2.05) is 24.3 Å². The number of epoxide rings is 1. The summed E-state index contributed by atoms with van der Waals surface area (Å²) in [6.07, 6.45) is 1.11. The van der Waals surface area contributed by atoms with E-state index in [1.54, 1.807) is 7.11 Å². The first-order valence-corrected chi connectivity index (χ1v) is 16.5. The molecule has 0 aliphatic carbocycles. The van der Waals surface area contributed by atoms with Crippen LogP contribution in [0.4, 0.5) is 0 Å². The zero-order chi connectivity index (χ0) is 28.0. The topological polar surface area (TPSA) is 66.5 Å². The van der Waals surface area contributed by atoms with Crippen molar-refractivity contribution in [2.45, 2.75) is 96.1 Å². The van der Waals surface area contributed by atoms with E-state index in [0.29, 0.717) is 13.0 Å². The number of esters is 1. The maximum Gasteiger partial charge on any atom is 0.308 e. The Balaban J connectivity index is 2.15. The van der Waals surface area contributed by atoms with Crippen molar-refractivity contribution < 1.29 is 28.2 Å². The van der Waals surface area contributed by atoms with Crippen LogP contribution in [0, 0.1) is 5.92 Å². The van der Waals surface area contributed by atoms with Gasteiger partial charge in [-0.15, -0.1) is 0 Å². The number of hydrogen-bond acceptors (Lipinski definition) is 6. The lowest BCUT2D eigenvalue weighted by molar-refractivity contribution is -0.145. The summed E-state index contributed by atoms with van der Waals surface area (Å²) in [4.78, 5) is 12.2. The second kappa shape index (κ2) is 13.6. The normalized spacial score (nSPS) is 20.0. The molecule has 1 fully saturated rings. The summed E-state index contributed by atoms with van der Waals surface area (Å²) >= 11 is 3.46. The van der Waals surface area contributed by atoms with E-state index in [2.05, 4.69) is 69.9 Å². The fourth-order valence-electron chi connectivity index (χ4n) is 3.91. The third-order valence-corrected chi connectivity index (χ3v) is 12.4. The average molecular weight is 598 g/mol. The smallest absolute Gasteiger partial charge is 0.308 e. The van der Waals surface area contributed by atoms with E-state index < -0.39 is 8.32 Å². The summed E-state index contributed by atoms with van der Waals surface area (Å²) in [5.74, 6) is 0.384. The quantitative estimate of drug-likeness (QED) is 0.0924. The molecule has 0 spiro atoms. The third-order valence-electron chi connectivity index (χ3n) is 7.55. The second-order valence-corrected chi connectivity index (χ2v) is 17.3. The van der Waals surface area contributed by atoms with Gasteiger partial charge in [0, 0.05) is 12.3 Å². The molecule has 37 heavy (non-hydrogen) atoms. The molecule has 0 N–H and O–H groups in total. The van der Waals surface area contributed by atoms with Gasteiger partial charge in [0.2, 0.25) is 0 Å². The van der Waals surface area contributed by atoms with Crippen LogP contribution in [0.15, 0.2) is 47.5 Å². The van der Waals surface area contributed by atoms with Crippen LogP contribution in [-0.4, -0.2) is 52.9 Å². The Morgan fingerprint density at radius 3 is 2.27 bits per heavy atom. The van der Waals surface area contributed by atoms with Crippen LogP contribution < -0.4 is 4.74 Å². The third kappa shape index (κ3) is 9.66. The van der Waals surface area contributed by atoms with Gasteiger partial charge in [-0.05, 0) is 46.7 Å². The lowest BCUT2D eigenvalue weighted by atomic mass is 9.89. The fraction of sp³-hybridized carbons (Fsp3) is 0.621. The maximum absolute atomic E-state index is 12.2. The molecular weight excluding hydrogens is 552 g/mol. The van der Waals surface area contributed by atoms with E-state index in [1.165, 1.54) is 7.11 Å². The molecule has 1 aromatic carbocycles. The first-order valence-electron chi connectivity index (χ1n) is 12.8. The minimum absolute atomic E-state index is 0.00773. The van der Waals surface area contributed by atoms with Gasteiger partial charge in [0.05, 0.1) is 45.6 Å². The van der Waals surface area contributed by atoms with E-state index in [-0.39, 0.29) is 47.8 Å². The van der Waals surface area contributed by atoms with Gasteiger partial charge in [0.25, 0.3) is 0 Å². The van der Waals surface area contributed by atoms with Crippen LogP contribution in [-0.2, 0) is 30.0 Å². The molecule has 208 valence electrons. The molecule has 1 aromatic rings. The Kier molecular flexibility index (Phi) is 11.6. The molecule has 6 nitrogen and oxygen atoms in total. The van der Waals surface area contributed by atoms with Crippen LogP contribution in [0.3, 0.4) is 0 Å². The van der Waals surface area contributed by atoms with Crippen molar-refractivity contribution >= 4 is 30.2 Å². The molecule has 2 rings (SSSR count). The molecule has 5 atom stereocenters. The number of hydrogen-bond donors (Lipinski definition) is 0. The molecule has 1 heterocycles. The predicted octanol–water partition coefficient (Wildman–Crippen LogP) is 7.18. The number of halogens is 1. The van der Waals surface area contributed by atoms with Gasteiger partial charge in [-0.2, -0.15) is 0 Å².